The third-order valence-corrected chi connectivity index (χ3v) is 3.91. The molecule has 1 N–H and O–H groups in total. The summed E-state index contributed by atoms with van der Waals surface area (Å²) in [5.41, 5.74) is -0.539. The smallest absolute Gasteiger partial charge is 0.407 e. The van der Waals surface area contributed by atoms with E-state index in [2.05, 4.69) is 5.32 Å². The summed E-state index contributed by atoms with van der Waals surface area (Å²) in [5.74, 6) is 0.719. The quantitative estimate of drug-likeness (QED) is 0.804. The van der Waals surface area contributed by atoms with Crippen molar-refractivity contribution in [2.75, 3.05) is 6.54 Å². The SMILES string of the molecule is CC(C)(C)OC(=O)NCC1CC(=O)C12CCC2. The summed E-state index contributed by atoms with van der Waals surface area (Å²) in [4.78, 5) is 23.1. The van der Waals surface area contributed by atoms with Gasteiger partial charge < -0.3 is 10.1 Å². The number of nitrogens with one attached hydrogen (secondary N) is 1. The van der Waals surface area contributed by atoms with Gasteiger partial charge in [-0.15, -0.1) is 0 Å². The topological polar surface area (TPSA) is 55.4 Å². The summed E-state index contributed by atoms with van der Waals surface area (Å²) in [6.45, 7) is 6.09. The minimum absolute atomic E-state index is 0.0744. The Hall–Kier alpha value is -1.06. The second-order valence-electron chi connectivity index (χ2n) is 6.22. The lowest BCUT2D eigenvalue weighted by molar-refractivity contribution is -0.155. The van der Waals surface area contributed by atoms with E-state index in [9.17, 15) is 9.59 Å². The van der Waals surface area contributed by atoms with Gasteiger partial charge in [-0.2, -0.15) is 0 Å². The van der Waals surface area contributed by atoms with Crippen molar-refractivity contribution in [3.8, 4) is 0 Å². The number of alkyl carbamates (subject to hydrolysis) is 1. The van der Waals surface area contributed by atoms with E-state index in [0.717, 1.165) is 19.3 Å². The average Bonchev–Trinajstić information content (AvgIpc) is 2.05. The van der Waals surface area contributed by atoms with Crippen LogP contribution in [0.1, 0.15) is 46.5 Å². The second kappa shape index (κ2) is 4.00. The molecule has 17 heavy (non-hydrogen) atoms. The number of carbonyl (C=O) groups excluding carboxylic acids is 2. The van der Waals surface area contributed by atoms with Crippen molar-refractivity contribution in [1.29, 1.82) is 0 Å². The number of rotatable bonds is 2. The monoisotopic (exact) mass is 239 g/mol. The molecule has 4 nitrogen and oxygen atoms in total. The maximum atomic E-state index is 11.6. The number of hydrogen-bond acceptors (Lipinski definition) is 3. The summed E-state index contributed by atoms with van der Waals surface area (Å²) in [6, 6.07) is 0. The van der Waals surface area contributed by atoms with E-state index in [-0.39, 0.29) is 11.5 Å². The van der Waals surface area contributed by atoms with Gasteiger partial charge in [0, 0.05) is 18.4 Å². The lowest BCUT2D eigenvalue weighted by atomic mass is 9.49. The van der Waals surface area contributed by atoms with Gasteiger partial charge in [0.1, 0.15) is 11.4 Å². The van der Waals surface area contributed by atoms with Crippen molar-refractivity contribution in [2.45, 2.75) is 52.1 Å². The minimum atomic E-state index is -0.465. The Kier molecular flexibility index (Phi) is 2.92. The Labute approximate surface area is 102 Å². The summed E-state index contributed by atoms with van der Waals surface area (Å²) >= 11 is 0. The van der Waals surface area contributed by atoms with Gasteiger partial charge in [0.15, 0.2) is 0 Å². The van der Waals surface area contributed by atoms with Crippen LogP contribution in [0, 0.1) is 11.3 Å². The van der Waals surface area contributed by atoms with E-state index >= 15 is 0 Å². The third kappa shape index (κ3) is 2.31. The van der Waals surface area contributed by atoms with Gasteiger partial charge in [0.25, 0.3) is 0 Å². The first-order chi connectivity index (χ1) is 7.83. The molecule has 2 rings (SSSR count). The molecule has 1 amide bonds. The molecule has 0 aromatic heterocycles. The maximum Gasteiger partial charge on any atom is 0.407 e. The number of carbonyl (C=O) groups is 2. The molecule has 2 aliphatic rings. The van der Waals surface area contributed by atoms with Crippen LogP contribution in [-0.4, -0.2) is 24.0 Å². The highest BCUT2D eigenvalue weighted by Gasteiger charge is 2.57. The highest BCUT2D eigenvalue weighted by atomic mass is 16.6. The Morgan fingerprint density at radius 1 is 1.47 bits per heavy atom. The number of hydrogen-bond donors (Lipinski definition) is 1. The van der Waals surface area contributed by atoms with Crippen LogP contribution in [0.15, 0.2) is 0 Å². The molecular formula is C13H21NO3. The van der Waals surface area contributed by atoms with Gasteiger partial charge in [-0.1, -0.05) is 6.42 Å². The first-order valence-electron chi connectivity index (χ1n) is 6.34. The van der Waals surface area contributed by atoms with Crippen LogP contribution in [0.2, 0.25) is 0 Å². The molecule has 0 radical (unpaired) electrons. The first kappa shape index (κ1) is 12.4. The molecule has 2 fully saturated rings. The van der Waals surface area contributed by atoms with E-state index in [1.165, 1.54) is 0 Å². The van der Waals surface area contributed by atoms with Crippen molar-refractivity contribution in [2.24, 2.45) is 11.3 Å². The molecular weight excluding hydrogens is 218 g/mol. The predicted molar refractivity (Wildman–Crippen MR) is 63.6 cm³/mol. The van der Waals surface area contributed by atoms with E-state index in [0.29, 0.717) is 24.7 Å². The van der Waals surface area contributed by atoms with Crippen molar-refractivity contribution in [1.82, 2.24) is 5.32 Å². The normalized spacial score (nSPS) is 26.1. The molecule has 0 bridgehead atoms. The predicted octanol–water partition coefficient (Wildman–Crippen LogP) is 2.27. The molecule has 2 saturated carbocycles. The fourth-order valence-electron chi connectivity index (χ4n) is 2.75. The van der Waals surface area contributed by atoms with Crippen LogP contribution < -0.4 is 5.32 Å². The highest BCUT2D eigenvalue weighted by Crippen LogP contribution is 2.56. The fraction of sp³-hybridized carbons (Fsp3) is 0.846. The van der Waals surface area contributed by atoms with Gasteiger partial charge in [-0.05, 0) is 39.5 Å². The first-order valence-corrected chi connectivity index (χ1v) is 6.34. The molecule has 0 aromatic carbocycles. The number of amides is 1. The number of ether oxygens (including phenoxy) is 1. The molecule has 1 unspecified atom stereocenters. The molecule has 0 aliphatic heterocycles. The number of Topliss-reactive ketones (excluding diaryl/α,β-unsaturated/α-hetero) is 1. The lowest BCUT2D eigenvalue weighted by Crippen LogP contribution is -2.57. The zero-order chi connectivity index (χ0) is 12.7. The lowest BCUT2D eigenvalue weighted by Gasteiger charge is -2.54. The molecule has 1 spiro atoms. The molecule has 1 atom stereocenters. The summed E-state index contributed by atoms with van der Waals surface area (Å²) in [7, 11) is 0. The Balaban J connectivity index is 1.76. The molecule has 96 valence electrons. The Morgan fingerprint density at radius 3 is 2.53 bits per heavy atom. The average molecular weight is 239 g/mol. The van der Waals surface area contributed by atoms with Crippen LogP contribution in [0.25, 0.3) is 0 Å². The van der Waals surface area contributed by atoms with Gasteiger partial charge in [-0.3, -0.25) is 4.79 Å². The van der Waals surface area contributed by atoms with Gasteiger partial charge >= 0.3 is 6.09 Å². The largest absolute Gasteiger partial charge is 0.444 e. The van der Waals surface area contributed by atoms with Crippen LogP contribution in [-0.2, 0) is 9.53 Å². The zero-order valence-corrected chi connectivity index (χ0v) is 10.8. The van der Waals surface area contributed by atoms with Crippen molar-refractivity contribution < 1.29 is 14.3 Å². The van der Waals surface area contributed by atoms with Crippen LogP contribution in [0.3, 0.4) is 0 Å². The standard InChI is InChI=1S/C13H21NO3/c1-12(2,3)17-11(16)14-8-9-7-10(15)13(9)5-4-6-13/h9H,4-8H2,1-3H3,(H,14,16). The third-order valence-electron chi connectivity index (χ3n) is 3.91. The minimum Gasteiger partial charge on any atom is -0.444 e. The van der Waals surface area contributed by atoms with E-state index in [1.807, 2.05) is 20.8 Å². The molecule has 4 heteroatoms. The van der Waals surface area contributed by atoms with Gasteiger partial charge in [0.2, 0.25) is 0 Å². The van der Waals surface area contributed by atoms with E-state index in [1.54, 1.807) is 0 Å². The summed E-state index contributed by atoms with van der Waals surface area (Å²) in [6.07, 6.45) is 3.40. The van der Waals surface area contributed by atoms with Gasteiger partial charge in [-0.25, -0.2) is 4.79 Å². The van der Waals surface area contributed by atoms with Gasteiger partial charge in [0.05, 0.1) is 0 Å². The van der Waals surface area contributed by atoms with Crippen molar-refractivity contribution >= 4 is 11.9 Å². The highest BCUT2D eigenvalue weighted by molar-refractivity contribution is 5.92. The molecule has 2 aliphatic carbocycles. The van der Waals surface area contributed by atoms with Crippen LogP contribution in [0.5, 0.6) is 0 Å². The maximum absolute atomic E-state index is 11.6. The molecule has 0 heterocycles. The second-order valence-corrected chi connectivity index (χ2v) is 6.22. The van der Waals surface area contributed by atoms with E-state index in [4.69, 9.17) is 4.74 Å². The zero-order valence-electron chi connectivity index (χ0n) is 10.8. The fourth-order valence-corrected chi connectivity index (χ4v) is 2.75. The molecule has 0 saturated heterocycles. The Bertz CT molecular complexity index is 339. The molecule has 0 aromatic rings. The van der Waals surface area contributed by atoms with Crippen LogP contribution in [0.4, 0.5) is 4.79 Å². The Morgan fingerprint density at radius 2 is 2.12 bits per heavy atom. The van der Waals surface area contributed by atoms with Crippen molar-refractivity contribution in [3.63, 3.8) is 0 Å². The summed E-state index contributed by atoms with van der Waals surface area (Å²) < 4.78 is 5.17. The number of ketones is 1. The summed E-state index contributed by atoms with van der Waals surface area (Å²) in [5, 5.41) is 2.77. The van der Waals surface area contributed by atoms with E-state index < -0.39 is 5.60 Å². The van der Waals surface area contributed by atoms with Crippen molar-refractivity contribution in [3.05, 3.63) is 0 Å². The van der Waals surface area contributed by atoms with Crippen LogP contribution >= 0.6 is 0 Å².